The number of allylic oxidation sites excluding steroid dienone is 1. The molecule has 7 heavy (non-hydrogen) atoms. The molecule has 0 bridgehead atoms. The molecule has 1 nitrogen and oxygen atoms in total. The van der Waals surface area contributed by atoms with E-state index in [-0.39, 0.29) is 6.04 Å². The highest BCUT2D eigenvalue weighted by atomic mass is 14.6. The van der Waals surface area contributed by atoms with Crippen molar-refractivity contribution in [1.29, 1.82) is 0 Å². The molecule has 0 aromatic rings. The summed E-state index contributed by atoms with van der Waals surface area (Å²) >= 11 is 0. The van der Waals surface area contributed by atoms with Gasteiger partial charge in [0.2, 0.25) is 0 Å². The lowest BCUT2D eigenvalue weighted by Gasteiger charge is -1.96. The van der Waals surface area contributed by atoms with E-state index in [9.17, 15) is 0 Å². The van der Waals surface area contributed by atoms with E-state index in [1.807, 2.05) is 19.1 Å². The molecule has 1 heteroatoms. The number of rotatable bonds is 2. The lowest BCUT2D eigenvalue weighted by Crippen LogP contribution is -2.14. The first-order valence-electron chi connectivity index (χ1n) is 2.69. The van der Waals surface area contributed by atoms with E-state index in [4.69, 9.17) is 5.73 Å². The highest BCUT2D eigenvalue weighted by molar-refractivity contribution is 4.87. The van der Waals surface area contributed by atoms with Gasteiger partial charge in [0.25, 0.3) is 0 Å². The lowest BCUT2D eigenvalue weighted by atomic mass is 10.2. The Morgan fingerprint density at radius 3 is 2.43 bits per heavy atom. The summed E-state index contributed by atoms with van der Waals surface area (Å²) in [4.78, 5) is 0. The fourth-order valence-corrected chi connectivity index (χ4v) is 0.383. The Labute approximate surface area is 45.2 Å². The summed E-state index contributed by atoms with van der Waals surface area (Å²) in [7, 11) is 0. The van der Waals surface area contributed by atoms with E-state index in [0.717, 1.165) is 6.42 Å². The molecule has 0 aromatic carbocycles. The first-order valence-corrected chi connectivity index (χ1v) is 2.69. The molecule has 0 saturated heterocycles. The van der Waals surface area contributed by atoms with Crippen LogP contribution in [0.2, 0.25) is 0 Å². The fourth-order valence-electron chi connectivity index (χ4n) is 0.383. The molecule has 0 fully saturated rings. The van der Waals surface area contributed by atoms with Crippen LogP contribution < -0.4 is 5.73 Å². The largest absolute Gasteiger partial charge is 0.324 e. The van der Waals surface area contributed by atoms with Crippen LogP contribution in [0.5, 0.6) is 0 Å². The van der Waals surface area contributed by atoms with Gasteiger partial charge in [-0.15, -0.1) is 0 Å². The van der Waals surface area contributed by atoms with Crippen molar-refractivity contribution >= 4 is 0 Å². The monoisotopic (exact) mass is 99.1 g/mol. The summed E-state index contributed by atoms with van der Waals surface area (Å²) in [6.07, 6.45) is 5.01. The third-order valence-electron chi connectivity index (χ3n) is 0.911. The Hall–Kier alpha value is -0.300. The molecule has 0 aliphatic rings. The van der Waals surface area contributed by atoms with Crippen molar-refractivity contribution in [3.8, 4) is 0 Å². The lowest BCUT2D eigenvalue weighted by molar-refractivity contribution is 0.781. The van der Waals surface area contributed by atoms with Gasteiger partial charge < -0.3 is 5.73 Å². The first kappa shape index (κ1) is 6.70. The minimum atomic E-state index is 0.269. The normalized spacial score (nSPS) is 15.3. The van der Waals surface area contributed by atoms with Crippen molar-refractivity contribution in [3.05, 3.63) is 12.2 Å². The quantitative estimate of drug-likeness (QED) is 0.519. The molecular weight excluding hydrogens is 86.1 g/mol. The highest BCUT2D eigenvalue weighted by Crippen LogP contribution is 1.85. The fraction of sp³-hybridized carbons (Fsp3) is 0.667. The van der Waals surface area contributed by atoms with E-state index in [2.05, 4.69) is 6.92 Å². The summed E-state index contributed by atoms with van der Waals surface area (Å²) in [5.41, 5.74) is 5.50. The topological polar surface area (TPSA) is 26.0 Å². The summed E-state index contributed by atoms with van der Waals surface area (Å²) in [5.74, 6) is 0. The minimum Gasteiger partial charge on any atom is -0.324 e. The third-order valence-corrected chi connectivity index (χ3v) is 0.911. The molecule has 0 unspecified atom stereocenters. The molecule has 2 N–H and O–H groups in total. The van der Waals surface area contributed by atoms with Crippen molar-refractivity contribution in [1.82, 2.24) is 0 Å². The molecule has 1 atom stereocenters. The molecule has 0 aromatic heterocycles. The van der Waals surface area contributed by atoms with E-state index < -0.39 is 0 Å². The average Bonchev–Trinajstić information content (AvgIpc) is 1.68. The van der Waals surface area contributed by atoms with Crippen LogP contribution in [0, 0.1) is 0 Å². The first-order chi connectivity index (χ1) is 3.31. The van der Waals surface area contributed by atoms with Gasteiger partial charge in [-0.25, -0.2) is 0 Å². The maximum absolute atomic E-state index is 5.50. The summed E-state index contributed by atoms with van der Waals surface area (Å²) in [5, 5.41) is 0. The third kappa shape index (κ3) is 3.53. The van der Waals surface area contributed by atoms with Gasteiger partial charge >= 0.3 is 0 Å². The Kier molecular flexibility index (Phi) is 3.71. The second-order valence-electron chi connectivity index (χ2n) is 1.60. The molecule has 42 valence electrons. The SMILES string of the molecule is C/C=C\[C@H](N)CC. The van der Waals surface area contributed by atoms with E-state index >= 15 is 0 Å². The van der Waals surface area contributed by atoms with Gasteiger partial charge in [-0.1, -0.05) is 19.1 Å². The molecule has 0 heterocycles. The smallest absolute Gasteiger partial charge is 0.0220 e. The van der Waals surface area contributed by atoms with Gasteiger partial charge in [0, 0.05) is 6.04 Å². The zero-order valence-corrected chi connectivity index (χ0v) is 5.02. The summed E-state index contributed by atoms with van der Waals surface area (Å²) < 4.78 is 0. The number of hydrogen-bond donors (Lipinski definition) is 1. The van der Waals surface area contributed by atoms with Gasteiger partial charge in [0.05, 0.1) is 0 Å². The maximum Gasteiger partial charge on any atom is 0.0220 e. The summed E-state index contributed by atoms with van der Waals surface area (Å²) in [6, 6.07) is 0.269. The van der Waals surface area contributed by atoms with Gasteiger partial charge in [-0.2, -0.15) is 0 Å². The summed E-state index contributed by atoms with van der Waals surface area (Å²) in [6.45, 7) is 4.06. The van der Waals surface area contributed by atoms with Crippen molar-refractivity contribution in [2.75, 3.05) is 0 Å². The molecule has 0 rings (SSSR count). The van der Waals surface area contributed by atoms with Crippen molar-refractivity contribution in [3.63, 3.8) is 0 Å². The zero-order chi connectivity index (χ0) is 5.70. The molecule has 0 amide bonds. The molecular formula is C6H13N. The van der Waals surface area contributed by atoms with Crippen LogP contribution in [0.15, 0.2) is 12.2 Å². The van der Waals surface area contributed by atoms with Gasteiger partial charge in [0.15, 0.2) is 0 Å². The van der Waals surface area contributed by atoms with Crippen LogP contribution in [0.4, 0.5) is 0 Å². The van der Waals surface area contributed by atoms with Crippen LogP contribution in [-0.2, 0) is 0 Å². The molecule has 0 aliphatic carbocycles. The van der Waals surface area contributed by atoms with E-state index in [1.165, 1.54) is 0 Å². The molecule has 0 saturated carbocycles. The molecule has 0 aliphatic heterocycles. The van der Waals surface area contributed by atoms with Crippen LogP contribution in [0.3, 0.4) is 0 Å². The van der Waals surface area contributed by atoms with Crippen molar-refractivity contribution in [2.45, 2.75) is 26.3 Å². The Balaban J connectivity index is 3.16. The Bertz CT molecular complexity index is 57.2. The molecule has 0 radical (unpaired) electrons. The van der Waals surface area contributed by atoms with Crippen LogP contribution in [0.25, 0.3) is 0 Å². The van der Waals surface area contributed by atoms with Crippen molar-refractivity contribution < 1.29 is 0 Å². The van der Waals surface area contributed by atoms with E-state index in [0.29, 0.717) is 0 Å². The average molecular weight is 99.2 g/mol. The predicted molar refractivity (Wildman–Crippen MR) is 33.1 cm³/mol. The van der Waals surface area contributed by atoms with Gasteiger partial charge in [0.1, 0.15) is 0 Å². The van der Waals surface area contributed by atoms with Gasteiger partial charge in [-0.05, 0) is 13.3 Å². The van der Waals surface area contributed by atoms with Gasteiger partial charge in [-0.3, -0.25) is 0 Å². The maximum atomic E-state index is 5.50. The van der Waals surface area contributed by atoms with E-state index in [1.54, 1.807) is 0 Å². The minimum absolute atomic E-state index is 0.269. The molecule has 0 spiro atoms. The second-order valence-corrected chi connectivity index (χ2v) is 1.60. The standard InChI is InChI=1S/C6H13N/c1-3-5-6(7)4-2/h3,5-6H,4,7H2,1-2H3/b5-3-/t6-/m1/s1. The zero-order valence-electron chi connectivity index (χ0n) is 5.02. The predicted octanol–water partition coefficient (Wildman–Crippen LogP) is 1.30. The Morgan fingerprint density at radius 2 is 2.29 bits per heavy atom. The van der Waals surface area contributed by atoms with Crippen LogP contribution in [0.1, 0.15) is 20.3 Å². The number of nitrogens with two attached hydrogens (primary N) is 1. The Morgan fingerprint density at radius 1 is 1.71 bits per heavy atom. The number of hydrogen-bond acceptors (Lipinski definition) is 1. The van der Waals surface area contributed by atoms with Crippen molar-refractivity contribution in [2.24, 2.45) is 5.73 Å². The van der Waals surface area contributed by atoms with Crippen LogP contribution >= 0.6 is 0 Å². The van der Waals surface area contributed by atoms with Crippen LogP contribution in [-0.4, -0.2) is 6.04 Å². The second kappa shape index (κ2) is 3.88. The highest BCUT2D eigenvalue weighted by Gasteiger charge is 1.85.